The van der Waals surface area contributed by atoms with Gasteiger partial charge in [-0.15, -0.1) is 0 Å². The first-order valence-corrected chi connectivity index (χ1v) is 8.23. The molecule has 0 radical (unpaired) electrons. The molecule has 0 saturated carbocycles. The highest BCUT2D eigenvalue weighted by molar-refractivity contribution is 5.87. The molecule has 1 aromatic carbocycles. The number of carbonyl (C=O) groups is 2. The van der Waals surface area contributed by atoms with E-state index >= 15 is 0 Å². The molecule has 0 aliphatic rings. The fourth-order valence-corrected chi connectivity index (χ4v) is 2.92. The highest BCUT2D eigenvalue weighted by Gasteiger charge is 2.21. The van der Waals surface area contributed by atoms with Gasteiger partial charge >= 0.3 is 5.97 Å². The lowest BCUT2D eigenvalue weighted by molar-refractivity contribution is -0.153. The number of rotatable bonds is 6. The van der Waals surface area contributed by atoms with Crippen molar-refractivity contribution < 1.29 is 18.7 Å². The summed E-state index contributed by atoms with van der Waals surface area (Å²) in [6, 6.07) is 5.96. The van der Waals surface area contributed by atoms with Gasteiger partial charge in [0.15, 0.2) is 6.61 Å². The maximum atomic E-state index is 12.2. The zero-order chi connectivity index (χ0) is 17.9. The van der Waals surface area contributed by atoms with Crippen LogP contribution >= 0.6 is 0 Å². The maximum Gasteiger partial charge on any atom is 0.310 e. The summed E-state index contributed by atoms with van der Waals surface area (Å²) < 4.78 is 10.6. The number of ether oxygens (including phenoxy) is 1. The van der Waals surface area contributed by atoms with Gasteiger partial charge in [-0.05, 0) is 46.2 Å². The molecule has 5 nitrogen and oxygen atoms in total. The van der Waals surface area contributed by atoms with Gasteiger partial charge in [0.05, 0.1) is 12.7 Å². The Kier molecular flexibility index (Phi) is 5.65. The van der Waals surface area contributed by atoms with Crippen molar-refractivity contribution in [2.24, 2.45) is 0 Å². The van der Waals surface area contributed by atoms with E-state index in [-0.39, 0.29) is 31.0 Å². The molecule has 0 bridgehead atoms. The van der Waals surface area contributed by atoms with Crippen LogP contribution in [0.2, 0.25) is 0 Å². The minimum absolute atomic E-state index is 0.0669. The SMILES string of the molecule is Cc1ccc2c(CC(=O)OCC(=O)N(C(C)C)C(C)C)coc2c1. The monoisotopic (exact) mass is 331 g/mol. The largest absolute Gasteiger partial charge is 0.464 e. The highest BCUT2D eigenvalue weighted by atomic mass is 16.5. The zero-order valence-electron chi connectivity index (χ0n) is 15.0. The fraction of sp³-hybridized carbons (Fsp3) is 0.474. The zero-order valence-corrected chi connectivity index (χ0v) is 15.0. The number of carbonyl (C=O) groups excluding carboxylic acids is 2. The molecule has 0 fully saturated rings. The molecule has 0 aliphatic heterocycles. The minimum Gasteiger partial charge on any atom is -0.464 e. The maximum absolute atomic E-state index is 12.2. The number of hydrogen-bond acceptors (Lipinski definition) is 4. The first-order valence-electron chi connectivity index (χ1n) is 8.23. The first kappa shape index (κ1) is 18.0. The molecule has 0 N–H and O–H groups in total. The lowest BCUT2D eigenvalue weighted by Gasteiger charge is -2.30. The Hall–Kier alpha value is -2.30. The van der Waals surface area contributed by atoms with Crippen molar-refractivity contribution in [1.29, 1.82) is 0 Å². The van der Waals surface area contributed by atoms with E-state index < -0.39 is 5.97 Å². The summed E-state index contributed by atoms with van der Waals surface area (Å²) in [5.74, 6) is -0.611. The predicted octanol–water partition coefficient (Wildman–Crippen LogP) is 3.47. The van der Waals surface area contributed by atoms with Crippen molar-refractivity contribution in [2.45, 2.75) is 53.1 Å². The number of hydrogen-bond donors (Lipinski definition) is 0. The van der Waals surface area contributed by atoms with Crippen LogP contribution in [0.4, 0.5) is 0 Å². The van der Waals surface area contributed by atoms with E-state index in [1.807, 2.05) is 52.8 Å². The lowest BCUT2D eigenvalue weighted by atomic mass is 10.1. The van der Waals surface area contributed by atoms with Crippen LogP contribution in [-0.2, 0) is 20.7 Å². The quantitative estimate of drug-likeness (QED) is 0.761. The van der Waals surface area contributed by atoms with E-state index in [9.17, 15) is 9.59 Å². The third kappa shape index (κ3) is 4.16. The number of aryl methyl sites for hydroxylation is 1. The summed E-state index contributed by atoms with van der Waals surface area (Å²) >= 11 is 0. The number of benzene rings is 1. The summed E-state index contributed by atoms with van der Waals surface area (Å²) in [5.41, 5.74) is 2.62. The van der Waals surface area contributed by atoms with Crippen molar-refractivity contribution in [2.75, 3.05) is 6.61 Å². The van der Waals surface area contributed by atoms with Crippen LogP contribution in [0, 0.1) is 6.92 Å². The molecule has 24 heavy (non-hydrogen) atoms. The van der Waals surface area contributed by atoms with Crippen LogP contribution in [-0.4, -0.2) is 35.5 Å². The second-order valence-corrected chi connectivity index (χ2v) is 6.59. The van der Waals surface area contributed by atoms with Gasteiger partial charge in [0.1, 0.15) is 5.58 Å². The molecular formula is C19H25NO4. The minimum atomic E-state index is -0.431. The molecule has 0 aliphatic carbocycles. The Morgan fingerprint density at radius 1 is 1.17 bits per heavy atom. The molecule has 0 atom stereocenters. The smallest absolute Gasteiger partial charge is 0.310 e. The molecule has 0 saturated heterocycles. The van der Waals surface area contributed by atoms with Crippen LogP contribution in [0.25, 0.3) is 11.0 Å². The van der Waals surface area contributed by atoms with Gasteiger partial charge in [0, 0.05) is 23.0 Å². The van der Waals surface area contributed by atoms with E-state index in [2.05, 4.69) is 0 Å². The van der Waals surface area contributed by atoms with Crippen LogP contribution in [0.1, 0.15) is 38.8 Å². The molecule has 1 amide bonds. The standard InChI is InChI=1S/C19H25NO4/c1-12(2)20(13(3)4)18(21)11-24-19(22)9-15-10-23-17-8-14(5)6-7-16(15)17/h6-8,10,12-13H,9,11H2,1-5H3. The molecule has 1 heterocycles. The van der Waals surface area contributed by atoms with Crippen molar-refractivity contribution >= 4 is 22.8 Å². The van der Waals surface area contributed by atoms with Crippen LogP contribution in [0.5, 0.6) is 0 Å². The highest BCUT2D eigenvalue weighted by Crippen LogP contribution is 2.23. The molecular weight excluding hydrogens is 306 g/mol. The molecule has 2 aromatic rings. The van der Waals surface area contributed by atoms with E-state index in [4.69, 9.17) is 9.15 Å². The van der Waals surface area contributed by atoms with Gasteiger partial charge in [0.25, 0.3) is 5.91 Å². The third-order valence-corrected chi connectivity index (χ3v) is 3.90. The molecule has 5 heteroatoms. The Bertz CT molecular complexity index is 722. The molecule has 2 rings (SSSR count). The summed E-state index contributed by atoms with van der Waals surface area (Å²) in [5, 5.41) is 0.898. The second-order valence-electron chi connectivity index (χ2n) is 6.59. The number of fused-ring (bicyclic) bond motifs is 1. The second kappa shape index (κ2) is 7.51. The van der Waals surface area contributed by atoms with Crippen molar-refractivity contribution in [3.8, 4) is 0 Å². The van der Waals surface area contributed by atoms with E-state index in [0.29, 0.717) is 0 Å². The number of amides is 1. The van der Waals surface area contributed by atoms with Gasteiger partial charge in [-0.25, -0.2) is 0 Å². The van der Waals surface area contributed by atoms with E-state index in [0.717, 1.165) is 22.1 Å². The fourth-order valence-electron chi connectivity index (χ4n) is 2.92. The first-order chi connectivity index (χ1) is 11.3. The van der Waals surface area contributed by atoms with E-state index in [1.54, 1.807) is 11.2 Å². The Labute approximate surface area is 142 Å². The van der Waals surface area contributed by atoms with Gasteiger partial charge in [-0.1, -0.05) is 12.1 Å². The number of furan rings is 1. The van der Waals surface area contributed by atoms with Gasteiger partial charge < -0.3 is 14.1 Å². The summed E-state index contributed by atoms with van der Waals surface area (Å²) in [6.45, 7) is 9.53. The lowest BCUT2D eigenvalue weighted by Crippen LogP contribution is -2.44. The summed E-state index contributed by atoms with van der Waals surface area (Å²) in [7, 11) is 0. The summed E-state index contributed by atoms with van der Waals surface area (Å²) in [4.78, 5) is 26.0. The molecule has 0 spiro atoms. The Morgan fingerprint density at radius 3 is 2.46 bits per heavy atom. The van der Waals surface area contributed by atoms with Gasteiger partial charge in [-0.3, -0.25) is 9.59 Å². The van der Waals surface area contributed by atoms with Crippen LogP contribution < -0.4 is 0 Å². The molecule has 130 valence electrons. The number of esters is 1. The number of nitrogens with zero attached hydrogens (tertiary/aromatic N) is 1. The average Bonchev–Trinajstić information content (AvgIpc) is 2.86. The Morgan fingerprint density at radius 2 is 1.83 bits per heavy atom. The molecule has 1 aromatic heterocycles. The Balaban J connectivity index is 1.96. The van der Waals surface area contributed by atoms with Crippen LogP contribution in [0.3, 0.4) is 0 Å². The predicted molar refractivity (Wildman–Crippen MR) is 92.7 cm³/mol. The van der Waals surface area contributed by atoms with Gasteiger partial charge in [0.2, 0.25) is 0 Å². The van der Waals surface area contributed by atoms with Crippen molar-refractivity contribution in [1.82, 2.24) is 4.90 Å². The third-order valence-electron chi connectivity index (χ3n) is 3.90. The normalized spacial score (nSPS) is 11.3. The average molecular weight is 331 g/mol. The van der Waals surface area contributed by atoms with E-state index in [1.165, 1.54) is 0 Å². The van der Waals surface area contributed by atoms with Crippen molar-refractivity contribution in [3.63, 3.8) is 0 Å². The van der Waals surface area contributed by atoms with Crippen molar-refractivity contribution in [3.05, 3.63) is 35.6 Å². The summed E-state index contributed by atoms with van der Waals surface area (Å²) in [6.07, 6.45) is 1.66. The van der Waals surface area contributed by atoms with Crippen LogP contribution in [0.15, 0.2) is 28.9 Å². The topological polar surface area (TPSA) is 59.8 Å². The molecule has 0 unspecified atom stereocenters. The van der Waals surface area contributed by atoms with Gasteiger partial charge in [-0.2, -0.15) is 0 Å².